The number of aromatic nitrogens is 1. The van der Waals surface area contributed by atoms with Crippen LogP contribution in [0, 0.1) is 23.6 Å². The Bertz CT molecular complexity index is 1160. The fourth-order valence-electron chi connectivity index (χ4n) is 6.28. The normalized spacial score (nSPS) is 24.1. The van der Waals surface area contributed by atoms with E-state index in [1.54, 1.807) is 18.3 Å². The standard InChI is InChI=1S/C29H32FN3O/c30-25-10-8-20(9-11-25)21-12-15-32(16-13-21)17-24-18-33(19-27(24)22-6-7-22)29(34)26-5-1-3-23-4-2-14-31-28(23)26/h1-5,8-11,14,21-22,24,27H,6-7,12-13,15-19H2/t24-,27+/m1/s1. The summed E-state index contributed by atoms with van der Waals surface area (Å²) in [6.45, 7) is 4.97. The van der Waals surface area contributed by atoms with Gasteiger partial charge in [-0.2, -0.15) is 0 Å². The zero-order valence-corrected chi connectivity index (χ0v) is 19.6. The average Bonchev–Trinajstić information content (AvgIpc) is 3.64. The van der Waals surface area contributed by atoms with Crippen molar-refractivity contribution in [3.8, 4) is 0 Å². The molecule has 1 aromatic heterocycles. The molecule has 176 valence electrons. The van der Waals surface area contributed by atoms with Gasteiger partial charge in [0.2, 0.25) is 0 Å². The lowest BCUT2D eigenvalue weighted by atomic mass is 9.87. The van der Waals surface area contributed by atoms with Gasteiger partial charge in [-0.05, 0) is 92.3 Å². The number of benzene rings is 2. The number of amides is 1. The molecular weight excluding hydrogens is 425 g/mol. The minimum Gasteiger partial charge on any atom is -0.338 e. The van der Waals surface area contributed by atoms with Crippen molar-refractivity contribution in [1.82, 2.24) is 14.8 Å². The predicted octanol–water partition coefficient (Wildman–Crippen LogP) is 5.35. The molecule has 0 spiro atoms. The Balaban J connectivity index is 1.12. The highest BCUT2D eigenvalue weighted by Gasteiger charge is 2.44. The molecule has 0 radical (unpaired) electrons. The van der Waals surface area contributed by atoms with Crippen LogP contribution in [0.15, 0.2) is 60.8 Å². The third-order valence-corrected chi connectivity index (χ3v) is 8.29. The van der Waals surface area contributed by atoms with Gasteiger partial charge >= 0.3 is 0 Å². The second kappa shape index (κ2) is 9.10. The molecule has 1 amide bonds. The first-order valence-corrected chi connectivity index (χ1v) is 12.8. The van der Waals surface area contributed by atoms with Gasteiger partial charge in [0.05, 0.1) is 11.1 Å². The first-order chi connectivity index (χ1) is 16.7. The van der Waals surface area contributed by atoms with E-state index < -0.39 is 0 Å². The number of nitrogens with zero attached hydrogens (tertiary/aromatic N) is 3. The number of fused-ring (bicyclic) bond motifs is 1. The number of carbonyl (C=O) groups excluding carboxylic acids is 1. The third-order valence-electron chi connectivity index (χ3n) is 8.29. The van der Waals surface area contributed by atoms with Crippen LogP contribution in [-0.4, -0.2) is 53.4 Å². The summed E-state index contributed by atoms with van der Waals surface area (Å²) in [5.41, 5.74) is 2.80. The van der Waals surface area contributed by atoms with Crippen molar-refractivity contribution >= 4 is 16.8 Å². The first-order valence-electron chi connectivity index (χ1n) is 12.8. The highest BCUT2D eigenvalue weighted by Crippen LogP contribution is 2.45. The molecule has 1 saturated carbocycles. The van der Waals surface area contributed by atoms with Gasteiger partial charge in [0.1, 0.15) is 5.82 Å². The van der Waals surface area contributed by atoms with Crippen LogP contribution in [0.2, 0.25) is 0 Å². The summed E-state index contributed by atoms with van der Waals surface area (Å²) in [6.07, 6.45) is 6.64. The number of hydrogen-bond donors (Lipinski definition) is 0. The second-order valence-corrected chi connectivity index (χ2v) is 10.5. The van der Waals surface area contributed by atoms with Crippen LogP contribution >= 0.6 is 0 Å². The zero-order chi connectivity index (χ0) is 23.1. The molecule has 3 fully saturated rings. The lowest BCUT2D eigenvalue weighted by Crippen LogP contribution is -2.39. The van der Waals surface area contributed by atoms with Crippen molar-refractivity contribution < 1.29 is 9.18 Å². The minimum absolute atomic E-state index is 0.132. The van der Waals surface area contributed by atoms with Crippen molar-refractivity contribution in [2.75, 3.05) is 32.7 Å². The molecule has 2 aromatic carbocycles. The van der Waals surface area contributed by atoms with Crippen LogP contribution in [0.1, 0.15) is 47.5 Å². The summed E-state index contributed by atoms with van der Waals surface area (Å²) >= 11 is 0. The molecule has 6 rings (SSSR count). The van der Waals surface area contributed by atoms with Gasteiger partial charge in [0, 0.05) is 31.2 Å². The average molecular weight is 458 g/mol. The van der Waals surface area contributed by atoms with Gasteiger partial charge in [0.15, 0.2) is 0 Å². The Morgan fingerprint density at radius 1 is 0.941 bits per heavy atom. The SMILES string of the molecule is O=C(c1cccc2cccnc12)N1C[C@@H](CN2CCC(c3ccc(F)cc3)CC2)[C@H](C2CC2)C1. The van der Waals surface area contributed by atoms with Gasteiger partial charge in [-0.15, -0.1) is 0 Å². The van der Waals surface area contributed by atoms with E-state index in [0.29, 0.717) is 17.8 Å². The summed E-state index contributed by atoms with van der Waals surface area (Å²) in [5, 5.41) is 1.02. The van der Waals surface area contributed by atoms with Crippen molar-refractivity contribution in [3.05, 3.63) is 77.7 Å². The molecule has 5 heteroatoms. The topological polar surface area (TPSA) is 36.4 Å². The maximum Gasteiger partial charge on any atom is 0.256 e. The van der Waals surface area contributed by atoms with Gasteiger partial charge in [0.25, 0.3) is 5.91 Å². The number of hydrogen-bond acceptors (Lipinski definition) is 3. The molecule has 34 heavy (non-hydrogen) atoms. The molecule has 0 bridgehead atoms. The van der Waals surface area contributed by atoms with Gasteiger partial charge in [-0.25, -0.2) is 4.39 Å². The zero-order valence-electron chi connectivity index (χ0n) is 19.6. The molecule has 1 aliphatic carbocycles. The number of likely N-dealkylation sites (tertiary alicyclic amines) is 2. The summed E-state index contributed by atoms with van der Waals surface area (Å²) in [4.78, 5) is 22.8. The second-order valence-electron chi connectivity index (χ2n) is 10.5. The highest BCUT2D eigenvalue weighted by molar-refractivity contribution is 6.05. The van der Waals surface area contributed by atoms with Crippen LogP contribution < -0.4 is 0 Å². The Morgan fingerprint density at radius 2 is 1.71 bits per heavy atom. The van der Waals surface area contributed by atoms with Crippen LogP contribution in [0.25, 0.3) is 10.9 Å². The molecule has 2 saturated heterocycles. The lowest BCUT2D eigenvalue weighted by Gasteiger charge is -2.34. The van der Waals surface area contributed by atoms with Crippen LogP contribution in [0.3, 0.4) is 0 Å². The predicted molar refractivity (Wildman–Crippen MR) is 132 cm³/mol. The Kier molecular flexibility index (Phi) is 5.82. The molecule has 3 aromatic rings. The lowest BCUT2D eigenvalue weighted by molar-refractivity contribution is 0.0781. The molecule has 4 nitrogen and oxygen atoms in total. The van der Waals surface area contributed by atoms with Crippen LogP contribution in [-0.2, 0) is 0 Å². The number of rotatable bonds is 5. The molecule has 2 atom stereocenters. The number of para-hydroxylation sites is 1. The van der Waals surface area contributed by atoms with E-state index in [2.05, 4.69) is 14.8 Å². The van der Waals surface area contributed by atoms with E-state index in [4.69, 9.17) is 0 Å². The van der Waals surface area contributed by atoms with Gasteiger partial charge in [-0.3, -0.25) is 9.78 Å². The molecule has 3 aliphatic rings. The van der Waals surface area contributed by atoms with Crippen molar-refractivity contribution in [1.29, 1.82) is 0 Å². The Labute approximate surface area is 200 Å². The van der Waals surface area contributed by atoms with Crippen LogP contribution in [0.4, 0.5) is 4.39 Å². The minimum atomic E-state index is -0.160. The largest absolute Gasteiger partial charge is 0.338 e. The molecule has 2 aliphatic heterocycles. The molecule has 0 N–H and O–H groups in total. The van der Waals surface area contributed by atoms with E-state index in [0.717, 1.165) is 67.9 Å². The fourth-order valence-corrected chi connectivity index (χ4v) is 6.28. The molecular formula is C29H32FN3O. The monoisotopic (exact) mass is 457 g/mol. The molecule has 0 unspecified atom stereocenters. The third kappa shape index (κ3) is 4.34. The quantitative estimate of drug-likeness (QED) is 0.518. The summed E-state index contributed by atoms with van der Waals surface area (Å²) in [5.74, 6) is 2.43. The Hall–Kier alpha value is -2.79. The van der Waals surface area contributed by atoms with E-state index in [-0.39, 0.29) is 11.7 Å². The number of pyridine rings is 1. The highest BCUT2D eigenvalue weighted by atomic mass is 19.1. The van der Waals surface area contributed by atoms with Crippen molar-refractivity contribution in [2.24, 2.45) is 17.8 Å². The number of halogens is 1. The molecule has 3 heterocycles. The maximum atomic E-state index is 13.6. The summed E-state index contributed by atoms with van der Waals surface area (Å²) in [6, 6.07) is 16.9. The van der Waals surface area contributed by atoms with Crippen molar-refractivity contribution in [2.45, 2.75) is 31.6 Å². The van der Waals surface area contributed by atoms with E-state index in [1.165, 1.54) is 18.4 Å². The van der Waals surface area contributed by atoms with E-state index in [9.17, 15) is 9.18 Å². The summed E-state index contributed by atoms with van der Waals surface area (Å²) in [7, 11) is 0. The van der Waals surface area contributed by atoms with E-state index in [1.807, 2.05) is 42.5 Å². The fraction of sp³-hybridized carbons (Fsp3) is 0.448. The maximum absolute atomic E-state index is 13.6. The van der Waals surface area contributed by atoms with Crippen LogP contribution in [0.5, 0.6) is 0 Å². The van der Waals surface area contributed by atoms with Crippen molar-refractivity contribution in [3.63, 3.8) is 0 Å². The number of piperidine rings is 1. The first kappa shape index (κ1) is 21.7. The Morgan fingerprint density at radius 3 is 2.47 bits per heavy atom. The smallest absolute Gasteiger partial charge is 0.256 e. The number of carbonyl (C=O) groups is 1. The van der Waals surface area contributed by atoms with Gasteiger partial charge in [-0.1, -0.05) is 30.3 Å². The van der Waals surface area contributed by atoms with Gasteiger partial charge < -0.3 is 9.80 Å². The summed E-state index contributed by atoms with van der Waals surface area (Å²) < 4.78 is 13.3. The van der Waals surface area contributed by atoms with E-state index >= 15 is 0 Å².